The van der Waals surface area contributed by atoms with Gasteiger partial charge in [0.2, 0.25) is 0 Å². The molecule has 104 valence electrons. The van der Waals surface area contributed by atoms with Crippen molar-refractivity contribution in [2.75, 3.05) is 13.2 Å². The molecule has 0 unspecified atom stereocenters. The van der Waals surface area contributed by atoms with E-state index in [1.54, 1.807) is 12.3 Å². The number of aromatic nitrogens is 1. The summed E-state index contributed by atoms with van der Waals surface area (Å²) < 4.78 is 11.4. The maximum Gasteiger partial charge on any atom is 0.168 e. The average molecular weight is 278 g/mol. The Morgan fingerprint density at radius 1 is 1.14 bits per heavy atom. The summed E-state index contributed by atoms with van der Waals surface area (Å²) in [4.78, 5) is 4.21. The van der Waals surface area contributed by atoms with Crippen molar-refractivity contribution in [3.63, 3.8) is 0 Å². The zero-order valence-electron chi connectivity index (χ0n) is 11.5. The third-order valence-electron chi connectivity index (χ3n) is 3.16. The predicted molar refractivity (Wildman–Crippen MR) is 79.8 cm³/mol. The minimum atomic E-state index is 0.497. The van der Waals surface area contributed by atoms with Gasteiger partial charge < -0.3 is 9.47 Å². The Kier molecular flexibility index (Phi) is 3.83. The van der Waals surface area contributed by atoms with E-state index in [0.29, 0.717) is 30.2 Å². The maximum absolute atomic E-state index is 9.37. The third kappa shape index (κ3) is 2.87. The van der Waals surface area contributed by atoms with Crippen LogP contribution >= 0.6 is 0 Å². The topological polar surface area (TPSA) is 55.1 Å². The Hall–Kier alpha value is -2.80. The molecule has 0 amide bonds. The number of para-hydroxylation sites is 1. The van der Waals surface area contributed by atoms with E-state index in [4.69, 9.17) is 9.47 Å². The monoisotopic (exact) mass is 278 g/mol. The van der Waals surface area contributed by atoms with Crippen LogP contribution in [0.25, 0.3) is 11.6 Å². The van der Waals surface area contributed by atoms with E-state index < -0.39 is 0 Å². The Morgan fingerprint density at radius 3 is 2.86 bits per heavy atom. The number of rotatable bonds is 2. The molecule has 4 nitrogen and oxygen atoms in total. The van der Waals surface area contributed by atoms with Crippen molar-refractivity contribution in [1.82, 2.24) is 4.98 Å². The second kappa shape index (κ2) is 6.10. The van der Waals surface area contributed by atoms with Gasteiger partial charge in [-0.25, -0.2) is 0 Å². The molecule has 0 saturated heterocycles. The Labute approximate surface area is 123 Å². The first-order valence-corrected chi connectivity index (χ1v) is 6.80. The Morgan fingerprint density at radius 2 is 2.05 bits per heavy atom. The van der Waals surface area contributed by atoms with Gasteiger partial charge in [-0.3, -0.25) is 4.98 Å². The lowest BCUT2D eigenvalue weighted by atomic mass is 10.1. The highest BCUT2D eigenvalue weighted by molar-refractivity contribution is 5.89. The second-order valence-corrected chi connectivity index (χ2v) is 4.61. The molecule has 0 fully saturated rings. The van der Waals surface area contributed by atoms with Crippen molar-refractivity contribution < 1.29 is 9.47 Å². The molecule has 0 saturated carbocycles. The number of ether oxygens (including phenoxy) is 2. The van der Waals surface area contributed by atoms with Gasteiger partial charge in [-0.05, 0) is 24.3 Å². The third-order valence-corrected chi connectivity index (χ3v) is 3.16. The molecule has 0 atom stereocenters. The van der Waals surface area contributed by atoms with Gasteiger partial charge in [0.25, 0.3) is 0 Å². The Balaban J connectivity index is 2.05. The number of nitriles is 1. The fourth-order valence-electron chi connectivity index (χ4n) is 2.17. The van der Waals surface area contributed by atoms with Crippen LogP contribution in [0.3, 0.4) is 0 Å². The summed E-state index contributed by atoms with van der Waals surface area (Å²) in [7, 11) is 0. The SMILES string of the molecule is N#C/C(=C/c1cccc2c1OCCCO2)c1ccccn1. The molecule has 0 spiro atoms. The molecule has 4 heteroatoms. The van der Waals surface area contributed by atoms with E-state index in [1.165, 1.54) is 0 Å². The van der Waals surface area contributed by atoms with Gasteiger partial charge in [0.15, 0.2) is 11.5 Å². The van der Waals surface area contributed by atoms with Crippen LogP contribution in [0.4, 0.5) is 0 Å². The zero-order valence-corrected chi connectivity index (χ0v) is 11.5. The number of hydrogen-bond donors (Lipinski definition) is 0. The summed E-state index contributed by atoms with van der Waals surface area (Å²) in [6.45, 7) is 1.26. The second-order valence-electron chi connectivity index (χ2n) is 4.61. The highest BCUT2D eigenvalue weighted by Gasteiger charge is 2.14. The minimum absolute atomic E-state index is 0.497. The lowest BCUT2D eigenvalue weighted by Gasteiger charge is -2.10. The van der Waals surface area contributed by atoms with Crippen LogP contribution in [0.5, 0.6) is 11.5 Å². The fourth-order valence-corrected chi connectivity index (χ4v) is 2.17. The lowest BCUT2D eigenvalue weighted by Crippen LogP contribution is -1.98. The van der Waals surface area contributed by atoms with Gasteiger partial charge in [-0.2, -0.15) is 5.26 Å². The van der Waals surface area contributed by atoms with Gasteiger partial charge in [0.05, 0.1) is 24.5 Å². The number of allylic oxidation sites excluding steroid dienone is 1. The quantitative estimate of drug-likeness (QED) is 0.791. The summed E-state index contributed by atoms with van der Waals surface area (Å²) >= 11 is 0. The van der Waals surface area contributed by atoms with E-state index in [9.17, 15) is 5.26 Å². The van der Waals surface area contributed by atoms with Crippen molar-refractivity contribution in [1.29, 1.82) is 5.26 Å². The predicted octanol–water partition coefficient (Wildman–Crippen LogP) is 3.31. The van der Waals surface area contributed by atoms with E-state index in [0.717, 1.165) is 17.7 Å². The van der Waals surface area contributed by atoms with Crippen LogP contribution in [0.15, 0.2) is 42.6 Å². The lowest BCUT2D eigenvalue weighted by molar-refractivity contribution is 0.296. The molecule has 3 rings (SSSR count). The molecule has 0 aliphatic carbocycles. The van der Waals surface area contributed by atoms with Crippen molar-refractivity contribution in [3.05, 3.63) is 53.9 Å². The standard InChI is InChI=1S/C17H14N2O2/c18-12-14(15-6-1-2-8-19-15)11-13-5-3-7-16-17(13)21-10-4-9-20-16/h1-3,5-8,11H,4,9-10H2/b14-11-. The molecular formula is C17H14N2O2. The summed E-state index contributed by atoms with van der Waals surface area (Å²) in [6, 6.07) is 13.4. The summed E-state index contributed by atoms with van der Waals surface area (Å²) in [5, 5.41) is 9.37. The normalized spacial score (nSPS) is 14.1. The van der Waals surface area contributed by atoms with Gasteiger partial charge in [0.1, 0.15) is 6.07 Å². The number of pyridine rings is 1. The van der Waals surface area contributed by atoms with Crippen molar-refractivity contribution in [2.45, 2.75) is 6.42 Å². The van der Waals surface area contributed by atoms with E-state index in [2.05, 4.69) is 11.1 Å². The van der Waals surface area contributed by atoms with E-state index in [-0.39, 0.29) is 0 Å². The van der Waals surface area contributed by atoms with Gasteiger partial charge in [0, 0.05) is 18.2 Å². The number of fused-ring (bicyclic) bond motifs is 1. The largest absolute Gasteiger partial charge is 0.490 e. The molecule has 1 aromatic heterocycles. The molecule has 1 aromatic carbocycles. The molecule has 21 heavy (non-hydrogen) atoms. The fraction of sp³-hybridized carbons (Fsp3) is 0.176. The van der Waals surface area contributed by atoms with Crippen LogP contribution in [0.1, 0.15) is 17.7 Å². The van der Waals surface area contributed by atoms with Gasteiger partial charge in [-0.15, -0.1) is 0 Å². The summed E-state index contributed by atoms with van der Waals surface area (Å²) in [5.74, 6) is 1.42. The van der Waals surface area contributed by atoms with Gasteiger partial charge in [-0.1, -0.05) is 18.2 Å². The van der Waals surface area contributed by atoms with Crippen LogP contribution in [-0.4, -0.2) is 18.2 Å². The van der Waals surface area contributed by atoms with Crippen LogP contribution in [0.2, 0.25) is 0 Å². The molecule has 0 radical (unpaired) electrons. The number of hydrogen-bond acceptors (Lipinski definition) is 4. The van der Waals surface area contributed by atoms with E-state index >= 15 is 0 Å². The minimum Gasteiger partial charge on any atom is -0.490 e. The van der Waals surface area contributed by atoms with Crippen LogP contribution < -0.4 is 9.47 Å². The smallest absolute Gasteiger partial charge is 0.168 e. The first-order valence-electron chi connectivity index (χ1n) is 6.80. The molecule has 0 N–H and O–H groups in total. The molecule has 1 aliphatic rings. The molecule has 0 bridgehead atoms. The summed E-state index contributed by atoms with van der Waals surface area (Å²) in [6.07, 6.45) is 4.31. The summed E-state index contributed by atoms with van der Waals surface area (Å²) in [5.41, 5.74) is 1.97. The van der Waals surface area contributed by atoms with E-state index in [1.807, 2.05) is 36.4 Å². The van der Waals surface area contributed by atoms with Crippen LogP contribution in [0, 0.1) is 11.3 Å². The highest BCUT2D eigenvalue weighted by Crippen LogP contribution is 2.35. The molecule has 1 aliphatic heterocycles. The first kappa shape index (κ1) is 13.2. The molecule has 2 heterocycles. The average Bonchev–Trinajstić information content (AvgIpc) is 2.79. The maximum atomic E-state index is 9.37. The molecular weight excluding hydrogens is 264 g/mol. The molecule has 2 aromatic rings. The first-order chi connectivity index (χ1) is 10.4. The van der Waals surface area contributed by atoms with Gasteiger partial charge >= 0.3 is 0 Å². The van der Waals surface area contributed by atoms with Crippen molar-refractivity contribution in [2.24, 2.45) is 0 Å². The highest BCUT2D eigenvalue weighted by atomic mass is 16.5. The van der Waals surface area contributed by atoms with Crippen molar-refractivity contribution >= 4 is 11.6 Å². The van der Waals surface area contributed by atoms with Crippen molar-refractivity contribution in [3.8, 4) is 17.6 Å². The zero-order chi connectivity index (χ0) is 14.5. The Bertz CT molecular complexity index is 702. The number of nitrogens with zero attached hydrogens (tertiary/aromatic N) is 2. The number of benzene rings is 1. The van der Waals surface area contributed by atoms with Crippen LogP contribution in [-0.2, 0) is 0 Å².